The standard InChI is InChI=1S/C17H12F3N3O2/c18-16(19,20)11-6-7-14-12(8-11)13(9-21)17(24,25-14)23-15(22)10-4-2-1-3-5-10/h1-8,13,24H,(H2,22,23). The third-order valence-corrected chi connectivity index (χ3v) is 3.76. The van der Waals surface area contributed by atoms with Crippen molar-refractivity contribution in [2.24, 2.45) is 10.7 Å². The van der Waals surface area contributed by atoms with Crippen LogP contribution in [0.1, 0.15) is 22.6 Å². The number of nitriles is 1. The minimum atomic E-state index is -4.58. The van der Waals surface area contributed by atoms with Crippen molar-refractivity contribution in [3.8, 4) is 11.8 Å². The van der Waals surface area contributed by atoms with E-state index in [1.807, 2.05) is 0 Å². The minimum Gasteiger partial charge on any atom is -0.441 e. The topological polar surface area (TPSA) is 91.6 Å². The lowest BCUT2D eigenvalue weighted by molar-refractivity contribution is -0.137. The number of benzene rings is 2. The van der Waals surface area contributed by atoms with Crippen LogP contribution in [0.2, 0.25) is 0 Å². The largest absolute Gasteiger partial charge is 0.441 e. The molecule has 0 saturated carbocycles. The molecule has 0 bridgehead atoms. The number of ether oxygens (including phenoxy) is 1. The summed E-state index contributed by atoms with van der Waals surface area (Å²) in [6, 6.07) is 12.8. The van der Waals surface area contributed by atoms with Gasteiger partial charge in [0, 0.05) is 11.1 Å². The van der Waals surface area contributed by atoms with Crippen LogP contribution in [0.3, 0.4) is 0 Å². The van der Waals surface area contributed by atoms with Crippen molar-refractivity contribution in [1.29, 1.82) is 5.26 Å². The number of aliphatic hydroxyl groups is 1. The van der Waals surface area contributed by atoms with Crippen LogP contribution < -0.4 is 10.5 Å². The van der Waals surface area contributed by atoms with Crippen molar-refractivity contribution in [3.63, 3.8) is 0 Å². The minimum absolute atomic E-state index is 0.0494. The third-order valence-electron chi connectivity index (χ3n) is 3.76. The Hall–Kier alpha value is -3.05. The number of nitrogens with two attached hydrogens (primary N) is 1. The molecule has 2 atom stereocenters. The molecule has 3 rings (SSSR count). The molecule has 0 amide bonds. The fourth-order valence-corrected chi connectivity index (χ4v) is 2.55. The maximum Gasteiger partial charge on any atom is 0.416 e. The number of fused-ring (bicyclic) bond motifs is 1. The van der Waals surface area contributed by atoms with E-state index >= 15 is 0 Å². The Morgan fingerprint density at radius 3 is 2.52 bits per heavy atom. The maximum absolute atomic E-state index is 12.9. The molecule has 2 aromatic rings. The molecular formula is C17H12F3N3O2. The highest BCUT2D eigenvalue weighted by Gasteiger charge is 2.49. The average Bonchev–Trinajstić information content (AvgIpc) is 2.84. The van der Waals surface area contributed by atoms with E-state index in [2.05, 4.69) is 4.99 Å². The van der Waals surface area contributed by atoms with Gasteiger partial charge in [-0.25, -0.2) is 0 Å². The number of aliphatic imine (C=N–C) groups is 1. The molecular weight excluding hydrogens is 335 g/mol. The zero-order valence-corrected chi connectivity index (χ0v) is 12.7. The summed E-state index contributed by atoms with van der Waals surface area (Å²) in [7, 11) is 0. The molecule has 25 heavy (non-hydrogen) atoms. The van der Waals surface area contributed by atoms with E-state index in [4.69, 9.17) is 10.5 Å². The van der Waals surface area contributed by atoms with Crippen molar-refractivity contribution in [1.82, 2.24) is 0 Å². The normalized spacial score (nSPS) is 22.8. The molecule has 1 heterocycles. The molecule has 2 aromatic carbocycles. The summed E-state index contributed by atoms with van der Waals surface area (Å²) >= 11 is 0. The molecule has 128 valence electrons. The lowest BCUT2D eigenvalue weighted by Crippen LogP contribution is -2.37. The van der Waals surface area contributed by atoms with Gasteiger partial charge in [0.15, 0.2) is 5.92 Å². The summed E-state index contributed by atoms with van der Waals surface area (Å²) in [5, 5.41) is 19.9. The summed E-state index contributed by atoms with van der Waals surface area (Å²) in [5.41, 5.74) is 5.27. The number of hydrogen-bond donors (Lipinski definition) is 2. The van der Waals surface area contributed by atoms with E-state index in [1.54, 1.807) is 36.4 Å². The van der Waals surface area contributed by atoms with Crippen LogP contribution in [0.15, 0.2) is 53.5 Å². The molecule has 5 nitrogen and oxygen atoms in total. The third kappa shape index (κ3) is 3.02. The summed E-state index contributed by atoms with van der Waals surface area (Å²) in [6.45, 7) is 0. The number of nitrogens with zero attached hydrogens (tertiary/aromatic N) is 2. The molecule has 0 radical (unpaired) electrons. The lowest BCUT2D eigenvalue weighted by Gasteiger charge is -2.21. The van der Waals surface area contributed by atoms with Crippen molar-refractivity contribution >= 4 is 5.84 Å². The number of halogens is 3. The fraction of sp³-hybridized carbons (Fsp3) is 0.176. The van der Waals surface area contributed by atoms with Gasteiger partial charge in [0.2, 0.25) is 0 Å². The SMILES string of the molecule is N#CC1c2cc(C(F)(F)F)ccc2OC1(O)/N=C(\N)c1ccccc1. The summed E-state index contributed by atoms with van der Waals surface area (Å²) in [4.78, 5) is 3.86. The zero-order chi connectivity index (χ0) is 18.2. The van der Waals surface area contributed by atoms with Gasteiger partial charge >= 0.3 is 12.1 Å². The van der Waals surface area contributed by atoms with E-state index in [0.29, 0.717) is 5.56 Å². The van der Waals surface area contributed by atoms with E-state index < -0.39 is 23.6 Å². The smallest absolute Gasteiger partial charge is 0.416 e. The molecule has 0 aromatic heterocycles. The van der Waals surface area contributed by atoms with Gasteiger partial charge in [-0.2, -0.15) is 23.4 Å². The van der Waals surface area contributed by atoms with Crippen molar-refractivity contribution in [3.05, 3.63) is 65.2 Å². The van der Waals surface area contributed by atoms with Crippen LogP contribution in [-0.2, 0) is 6.18 Å². The predicted octanol–water partition coefficient (Wildman–Crippen LogP) is 2.76. The summed E-state index contributed by atoms with van der Waals surface area (Å²) in [6.07, 6.45) is -4.58. The Kier molecular flexibility index (Phi) is 3.89. The van der Waals surface area contributed by atoms with E-state index in [-0.39, 0.29) is 17.1 Å². The van der Waals surface area contributed by atoms with Crippen LogP contribution in [0.4, 0.5) is 13.2 Å². The maximum atomic E-state index is 12.9. The van der Waals surface area contributed by atoms with Gasteiger partial charge in [-0.15, -0.1) is 0 Å². The highest BCUT2D eigenvalue weighted by Crippen LogP contribution is 2.46. The fourth-order valence-electron chi connectivity index (χ4n) is 2.55. The first-order valence-corrected chi connectivity index (χ1v) is 7.17. The molecule has 8 heteroatoms. The first-order valence-electron chi connectivity index (χ1n) is 7.17. The molecule has 1 aliphatic rings. The number of hydrogen-bond acceptors (Lipinski definition) is 4. The van der Waals surface area contributed by atoms with E-state index in [1.165, 1.54) is 0 Å². The second kappa shape index (κ2) is 5.79. The number of amidine groups is 1. The summed E-state index contributed by atoms with van der Waals surface area (Å²) in [5.74, 6) is -4.01. The monoisotopic (exact) mass is 347 g/mol. The van der Waals surface area contributed by atoms with Crippen LogP contribution in [0.25, 0.3) is 0 Å². The molecule has 0 aliphatic carbocycles. The van der Waals surface area contributed by atoms with Gasteiger partial charge in [-0.1, -0.05) is 30.3 Å². The first kappa shape index (κ1) is 16.8. The van der Waals surface area contributed by atoms with Crippen LogP contribution >= 0.6 is 0 Å². The van der Waals surface area contributed by atoms with Gasteiger partial charge in [-0.3, -0.25) is 0 Å². The van der Waals surface area contributed by atoms with Gasteiger partial charge in [0.25, 0.3) is 0 Å². The van der Waals surface area contributed by atoms with Crippen LogP contribution in [0.5, 0.6) is 5.75 Å². The lowest BCUT2D eigenvalue weighted by atomic mass is 9.97. The van der Waals surface area contributed by atoms with Crippen LogP contribution in [0, 0.1) is 11.3 Å². The number of alkyl halides is 3. The Bertz CT molecular complexity index is 875. The first-order chi connectivity index (χ1) is 11.7. The van der Waals surface area contributed by atoms with Gasteiger partial charge in [0.1, 0.15) is 11.6 Å². The Balaban J connectivity index is 2.03. The Labute approximate surface area is 140 Å². The number of rotatable bonds is 2. The quantitative estimate of drug-likeness (QED) is 0.645. The molecule has 0 saturated heterocycles. The average molecular weight is 347 g/mol. The van der Waals surface area contributed by atoms with Gasteiger partial charge in [-0.05, 0) is 18.2 Å². The van der Waals surface area contributed by atoms with E-state index in [9.17, 15) is 23.5 Å². The molecule has 2 unspecified atom stereocenters. The van der Waals surface area contributed by atoms with Crippen LogP contribution in [-0.4, -0.2) is 16.9 Å². The highest BCUT2D eigenvalue weighted by atomic mass is 19.4. The molecule has 1 aliphatic heterocycles. The van der Waals surface area contributed by atoms with E-state index in [0.717, 1.165) is 18.2 Å². The Morgan fingerprint density at radius 1 is 1.24 bits per heavy atom. The second-order valence-electron chi connectivity index (χ2n) is 5.44. The molecule has 0 fully saturated rings. The van der Waals surface area contributed by atoms with Crippen molar-refractivity contribution in [2.75, 3.05) is 0 Å². The highest BCUT2D eigenvalue weighted by molar-refractivity contribution is 5.97. The second-order valence-corrected chi connectivity index (χ2v) is 5.44. The predicted molar refractivity (Wildman–Crippen MR) is 82.5 cm³/mol. The van der Waals surface area contributed by atoms with Gasteiger partial charge < -0.3 is 15.6 Å². The van der Waals surface area contributed by atoms with Crippen molar-refractivity contribution in [2.45, 2.75) is 18.0 Å². The molecule has 3 N–H and O–H groups in total. The van der Waals surface area contributed by atoms with Gasteiger partial charge in [0.05, 0.1) is 11.6 Å². The summed E-state index contributed by atoms with van der Waals surface area (Å²) < 4.78 is 43.9. The zero-order valence-electron chi connectivity index (χ0n) is 12.7. The Morgan fingerprint density at radius 2 is 1.92 bits per heavy atom. The van der Waals surface area contributed by atoms with Crippen molar-refractivity contribution < 1.29 is 23.0 Å². The molecule has 0 spiro atoms.